The molecule has 1 unspecified atom stereocenters. The van der Waals surface area contributed by atoms with Crippen molar-refractivity contribution in [3.05, 3.63) is 71.8 Å². The lowest BCUT2D eigenvalue weighted by Gasteiger charge is -2.21. The second kappa shape index (κ2) is 8.87. The quantitative estimate of drug-likeness (QED) is 0.796. The van der Waals surface area contributed by atoms with E-state index in [0.717, 1.165) is 11.1 Å². The van der Waals surface area contributed by atoms with E-state index in [1.54, 1.807) is 0 Å². The standard InChI is InChI=1S/C20H23NO3/c1-15(2)19(20(23)21-14-17-11-7-4-8-12-17)24-18(22)13-16-9-5-3-6-10-16/h3-12,15,19H,13-14H2,1-2H3,(H,21,23). The molecule has 0 aliphatic carbocycles. The van der Waals surface area contributed by atoms with Crippen molar-refractivity contribution in [2.75, 3.05) is 0 Å². The van der Waals surface area contributed by atoms with Crippen molar-refractivity contribution in [2.45, 2.75) is 32.9 Å². The number of benzene rings is 2. The van der Waals surface area contributed by atoms with E-state index in [-0.39, 0.29) is 18.2 Å². The van der Waals surface area contributed by atoms with Gasteiger partial charge in [0, 0.05) is 6.54 Å². The Hall–Kier alpha value is -2.62. The Morgan fingerprint density at radius 3 is 2.00 bits per heavy atom. The Morgan fingerprint density at radius 2 is 1.46 bits per heavy atom. The van der Waals surface area contributed by atoms with Crippen LogP contribution in [0.25, 0.3) is 0 Å². The van der Waals surface area contributed by atoms with Gasteiger partial charge in [0.2, 0.25) is 0 Å². The number of hydrogen-bond donors (Lipinski definition) is 1. The fourth-order valence-corrected chi connectivity index (χ4v) is 2.32. The van der Waals surface area contributed by atoms with Gasteiger partial charge in [-0.2, -0.15) is 0 Å². The second-order valence-corrected chi connectivity index (χ2v) is 6.02. The summed E-state index contributed by atoms with van der Waals surface area (Å²) in [5.74, 6) is -0.759. The minimum Gasteiger partial charge on any atom is -0.452 e. The molecule has 0 saturated carbocycles. The molecule has 2 aromatic carbocycles. The first kappa shape index (κ1) is 17.7. The average molecular weight is 325 g/mol. The van der Waals surface area contributed by atoms with Crippen molar-refractivity contribution in [1.29, 1.82) is 0 Å². The summed E-state index contributed by atoms with van der Waals surface area (Å²) in [5, 5.41) is 2.83. The maximum absolute atomic E-state index is 12.4. The van der Waals surface area contributed by atoms with Gasteiger partial charge >= 0.3 is 5.97 Å². The van der Waals surface area contributed by atoms with Gasteiger partial charge < -0.3 is 10.1 Å². The van der Waals surface area contributed by atoms with Gasteiger partial charge in [0.05, 0.1) is 6.42 Å². The molecule has 0 radical (unpaired) electrons. The molecule has 0 fully saturated rings. The molecule has 2 rings (SSSR count). The summed E-state index contributed by atoms with van der Waals surface area (Å²) in [6, 6.07) is 19.0. The summed E-state index contributed by atoms with van der Waals surface area (Å²) < 4.78 is 5.42. The molecule has 0 saturated heterocycles. The van der Waals surface area contributed by atoms with Crippen LogP contribution in [-0.2, 0) is 27.3 Å². The van der Waals surface area contributed by atoms with Gasteiger partial charge in [-0.05, 0) is 17.0 Å². The molecule has 1 amide bonds. The van der Waals surface area contributed by atoms with Gasteiger partial charge in [-0.3, -0.25) is 9.59 Å². The molecule has 1 atom stereocenters. The molecule has 4 nitrogen and oxygen atoms in total. The number of carbonyl (C=O) groups is 2. The first-order valence-electron chi connectivity index (χ1n) is 8.11. The van der Waals surface area contributed by atoms with E-state index < -0.39 is 12.1 Å². The van der Waals surface area contributed by atoms with Crippen molar-refractivity contribution in [1.82, 2.24) is 5.32 Å². The normalized spacial score (nSPS) is 11.8. The molecule has 126 valence electrons. The van der Waals surface area contributed by atoms with Gasteiger partial charge in [0.15, 0.2) is 6.10 Å². The molecule has 0 aliphatic heterocycles. The molecular weight excluding hydrogens is 302 g/mol. The van der Waals surface area contributed by atoms with Crippen LogP contribution in [0.15, 0.2) is 60.7 Å². The molecule has 0 bridgehead atoms. The maximum atomic E-state index is 12.4. The topological polar surface area (TPSA) is 55.4 Å². The number of nitrogens with one attached hydrogen (secondary N) is 1. The first-order valence-corrected chi connectivity index (χ1v) is 8.11. The number of esters is 1. The second-order valence-electron chi connectivity index (χ2n) is 6.02. The zero-order valence-corrected chi connectivity index (χ0v) is 14.1. The van der Waals surface area contributed by atoms with E-state index in [0.29, 0.717) is 6.54 Å². The Morgan fingerprint density at radius 1 is 0.917 bits per heavy atom. The highest BCUT2D eigenvalue weighted by atomic mass is 16.5. The molecule has 0 spiro atoms. The SMILES string of the molecule is CC(C)C(OC(=O)Cc1ccccc1)C(=O)NCc1ccccc1. The van der Waals surface area contributed by atoms with Gasteiger partial charge in [0.1, 0.15) is 0 Å². The number of hydrogen-bond acceptors (Lipinski definition) is 3. The summed E-state index contributed by atoms with van der Waals surface area (Å²) in [7, 11) is 0. The Balaban J connectivity index is 1.90. The summed E-state index contributed by atoms with van der Waals surface area (Å²) in [4.78, 5) is 24.5. The molecule has 24 heavy (non-hydrogen) atoms. The maximum Gasteiger partial charge on any atom is 0.311 e. The van der Waals surface area contributed by atoms with E-state index >= 15 is 0 Å². The van der Waals surface area contributed by atoms with E-state index in [4.69, 9.17) is 4.74 Å². The monoisotopic (exact) mass is 325 g/mol. The highest BCUT2D eigenvalue weighted by Gasteiger charge is 2.26. The molecule has 4 heteroatoms. The first-order chi connectivity index (χ1) is 11.6. The fourth-order valence-electron chi connectivity index (χ4n) is 2.32. The molecule has 1 N–H and O–H groups in total. The van der Waals surface area contributed by atoms with Crippen LogP contribution in [0.3, 0.4) is 0 Å². The van der Waals surface area contributed by atoms with Crippen LogP contribution in [0.5, 0.6) is 0 Å². The van der Waals surface area contributed by atoms with E-state index in [9.17, 15) is 9.59 Å². The summed E-state index contributed by atoms with van der Waals surface area (Å²) >= 11 is 0. The van der Waals surface area contributed by atoms with Crippen LogP contribution in [-0.4, -0.2) is 18.0 Å². The van der Waals surface area contributed by atoms with Crippen molar-refractivity contribution < 1.29 is 14.3 Å². The van der Waals surface area contributed by atoms with Crippen LogP contribution in [0, 0.1) is 5.92 Å². The molecule has 0 aromatic heterocycles. The zero-order chi connectivity index (χ0) is 17.4. The summed E-state index contributed by atoms with van der Waals surface area (Å²) in [6.45, 7) is 4.14. The number of ether oxygens (including phenoxy) is 1. The summed E-state index contributed by atoms with van der Waals surface area (Å²) in [5.41, 5.74) is 1.87. The molecule has 0 heterocycles. The van der Waals surface area contributed by atoms with Crippen LogP contribution >= 0.6 is 0 Å². The number of carbonyl (C=O) groups excluding carboxylic acids is 2. The minimum absolute atomic E-state index is 0.0968. The number of rotatable bonds is 7. The lowest BCUT2D eigenvalue weighted by Crippen LogP contribution is -2.41. The molecular formula is C20H23NO3. The van der Waals surface area contributed by atoms with Gasteiger partial charge in [0.25, 0.3) is 5.91 Å². The summed E-state index contributed by atoms with van der Waals surface area (Å²) in [6.07, 6.45) is -0.624. The van der Waals surface area contributed by atoms with Crippen LogP contribution in [0.4, 0.5) is 0 Å². The van der Waals surface area contributed by atoms with Gasteiger partial charge in [-0.1, -0.05) is 74.5 Å². The minimum atomic E-state index is -0.787. The molecule has 2 aromatic rings. The zero-order valence-electron chi connectivity index (χ0n) is 14.1. The predicted octanol–water partition coefficient (Wildman–Crippen LogP) is 3.11. The third-order valence-corrected chi connectivity index (χ3v) is 3.62. The third-order valence-electron chi connectivity index (χ3n) is 3.62. The largest absolute Gasteiger partial charge is 0.452 e. The van der Waals surface area contributed by atoms with Crippen LogP contribution < -0.4 is 5.32 Å². The van der Waals surface area contributed by atoms with Crippen LogP contribution in [0.2, 0.25) is 0 Å². The van der Waals surface area contributed by atoms with Crippen molar-refractivity contribution in [3.63, 3.8) is 0 Å². The lowest BCUT2D eigenvalue weighted by molar-refractivity contribution is -0.158. The van der Waals surface area contributed by atoms with Gasteiger partial charge in [-0.25, -0.2) is 0 Å². The van der Waals surface area contributed by atoms with Crippen molar-refractivity contribution in [2.24, 2.45) is 5.92 Å². The van der Waals surface area contributed by atoms with Crippen molar-refractivity contribution in [3.8, 4) is 0 Å². The number of amides is 1. The van der Waals surface area contributed by atoms with Crippen molar-refractivity contribution >= 4 is 11.9 Å². The van der Waals surface area contributed by atoms with E-state index in [1.807, 2.05) is 74.5 Å². The van der Waals surface area contributed by atoms with Gasteiger partial charge in [-0.15, -0.1) is 0 Å². The van der Waals surface area contributed by atoms with Crippen LogP contribution in [0.1, 0.15) is 25.0 Å². The Kier molecular flexibility index (Phi) is 6.55. The van der Waals surface area contributed by atoms with E-state index in [2.05, 4.69) is 5.32 Å². The van der Waals surface area contributed by atoms with E-state index in [1.165, 1.54) is 0 Å². The Labute approximate surface area is 142 Å². The fraction of sp³-hybridized carbons (Fsp3) is 0.300. The average Bonchev–Trinajstić information content (AvgIpc) is 2.59. The predicted molar refractivity (Wildman–Crippen MR) is 93.2 cm³/mol. The third kappa shape index (κ3) is 5.54. The smallest absolute Gasteiger partial charge is 0.311 e. The lowest BCUT2D eigenvalue weighted by atomic mass is 10.1. The molecule has 0 aliphatic rings. The highest BCUT2D eigenvalue weighted by Crippen LogP contribution is 2.10. The highest BCUT2D eigenvalue weighted by molar-refractivity contribution is 5.84. The Bertz CT molecular complexity index is 653.